The summed E-state index contributed by atoms with van der Waals surface area (Å²) in [5.41, 5.74) is 0.231. The van der Waals surface area contributed by atoms with Crippen LogP contribution in [0.5, 0.6) is 0 Å². The van der Waals surface area contributed by atoms with Gasteiger partial charge < -0.3 is 14.9 Å². The van der Waals surface area contributed by atoms with E-state index < -0.39 is 6.10 Å². The Hall–Kier alpha value is -0.560. The Bertz CT molecular complexity index is 554. The smallest absolute Gasteiger partial charge is 0.0869 e. The van der Waals surface area contributed by atoms with Crippen LogP contribution in [0.2, 0.25) is 0 Å². The second-order valence-corrected chi connectivity index (χ2v) is 9.69. The third-order valence-electron chi connectivity index (χ3n) is 9.06. The first-order valence-electron chi connectivity index (χ1n) is 10.3. The number of hydrogen-bond acceptors (Lipinski definition) is 3. The molecular formula is C22H34O3. The van der Waals surface area contributed by atoms with Crippen molar-refractivity contribution >= 4 is 0 Å². The maximum absolute atomic E-state index is 11.0. The van der Waals surface area contributed by atoms with E-state index in [1.165, 1.54) is 19.3 Å². The summed E-state index contributed by atoms with van der Waals surface area (Å²) in [4.78, 5) is 0. The first kappa shape index (κ1) is 17.8. The Kier molecular flexibility index (Phi) is 4.46. The maximum Gasteiger partial charge on any atom is 0.0869 e. The van der Waals surface area contributed by atoms with Crippen LogP contribution in [-0.2, 0) is 4.74 Å². The molecule has 9 atom stereocenters. The van der Waals surface area contributed by atoms with Crippen LogP contribution in [0.3, 0.4) is 0 Å². The van der Waals surface area contributed by atoms with Gasteiger partial charge in [-0.25, -0.2) is 0 Å². The van der Waals surface area contributed by atoms with E-state index in [4.69, 9.17) is 11.2 Å². The standard InChI is InChI=1S/C22H34O3/c1-4-9-22-11-8-17-16(18(22)13-19(25-3)20(22)24)6-5-14-12-15(23)7-10-21(14,17)2/h1,14-20,23-24H,5-13H2,2-3H3/t14-,15+,16+,17-,18-,19+,20-,21-,22-/m0/s1. The van der Waals surface area contributed by atoms with Gasteiger partial charge in [0.25, 0.3) is 0 Å². The highest BCUT2D eigenvalue weighted by atomic mass is 16.5. The molecular weight excluding hydrogens is 312 g/mol. The quantitative estimate of drug-likeness (QED) is 0.754. The van der Waals surface area contributed by atoms with Crippen LogP contribution in [0, 0.1) is 46.8 Å². The summed E-state index contributed by atoms with van der Waals surface area (Å²) >= 11 is 0. The monoisotopic (exact) mass is 346 g/mol. The second kappa shape index (κ2) is 6.25. The van der Waals surface area contributed by atoms with E-state index in [2.05, 4.69) is 12.8 Å². The van der Waals surface area contributed by atoms with Gasteiger partial charge in [0, 0.05) is 18.9 Å². The average molecular weight is 347 g/mol. The summed E-state index contributed by atoms with van der Waals surface area (Å²) in [6.45, 7) is 2.49. The van der Waals surface area contributed by atoms with E-state index >= 15 is 0 Å². The van der Waals surface area contributed by atoms with E-state index in [0.717, 1.165) is 38.0 Å². The molecule has 0 radical (unpaired) electrons. The van der Waals surface area contributed by atoms with Crippen LogP contribution >= 0.6 is 0 Å². The number of rotatable bonds is 2. The summed E-state index contributed by atoms with van der Waals surface area (Å²) in [7, 11) is 1.73. The lowest BCUT2D eigenvalue weighted by Crippen LogP contribution is -2.55. The molecule has 25 heavy (non-hydrogen) atoms. The average Bonchev–Trinajstić information content (AvgIpc) is 2.88. The largest absolute Gasteiger partial charge is 0.393 e. The minimum absolute atomic E-state index is 0.0594. The SMILES string of the molecule is C#CC[C@]12CC[C@H]3[C@@H](CC[C@H]4C[C@H](O)CC[C@@]43C)[C@@H]1C[C@@H](OC)[C@@H]2O. The molecule has 0 aliphatic heterocycles. The summed E-state index contributed by atoms with van der Waals surface area (Å²) < 4.78 is 5.66. The van der Waals surface area contributed by atoms with Crippen LogP contribution in [0.15, 0.2) is 0 Å². The number of terminal acetylenes is 1. The third-order valence-corrected chi connectivity index (χ3v) is 9.06. The highest BCUT2D eigenvalue weighted by molar-refractivity contribution is 5.15. The van der Waals surface area contributed by atoms with Crippen molar-refractivity contribution in [2.24, 2.45) is 34.5 Å². The fraction of sp³-hybridized carbons (Fsp3) is 0.909. The lowest BCUT2D eigenvalue weighted by molar-refractivity contribution is -0.140. The molecule has 0 aromatic carbocycles. The zero-order chi connectivity index (χ0) is 17.8. The van der Waals surface area contributed by atoms with Crippen molar-refractivity contribution in [1.29, 1.82) is 0 Å². The number of fused-ring (bicyclic) bond motifs is 5. The molecule has 0 unspecified atom stereocenters. The molecule has 3 heteroatoms. The molecule has 4 aliphatic carbocycles. The summed E-state index contributed by atoms with van der Waals surface area (Å²) in [5, 5.41) is 21.2. The maximum atomic E-state index is 11.0. The van der Waals surface area contributed by atoms with Crippen LogP contribution < -0.4 is 0 Å². The van der Waals surface area contributed by atoms with Gasteiger partial charge in [-0.2, -0.15) is 0 Å². The molecule has 3 nitrogen and oxygen atoms in total. The van der Waals surface area contributed by atoms with Gasteiger partial charge in [0.2, 0.25) is 0 Å². The number of aliphatic hydroxyl groups excluding tert-OH is 2. The van der Waals surface area contributed by atoms with Gasteiger partial charge in [-0.1, -0.05) is 6.92 Å². The third kappa shape index (κ3) is 2.44. The van der Waals surface area contributed by atoms with E-state index in [-0.39, 0.29) is 17.6 Å². The van der Waals surface area contributed by atoms with Gasteiger partial charge in [0.15, 0.2) is 0 Å². The lowest BCUT2D eigenvalue weighted by Gasteiger charge is -2.60. The molecule has 0 aromatic heterocycles. The molecule has 0 spiro atoms. The van der Waals surface area contributed by atoms with Gasteiger partial charge in [0.05, 0.1) is 18.3 Å². The number of ether oxygens (including phenoxy) is 1. The second-order valence-electron chi connectivity index (χ2n) is 9.69. The predicted molar refractivity (Wildman–Crippen MR) is 97.7 cm³/mol. The highest BCUT2D eigenvalue weighted by Crippen LogP contribution is 2.67. The van der Waals surface area contributed by atoms with E-state index in [9.17, 15) is 10.2 Å². The predicted octanol–water partition coefficient (Wildman–Crippen LogP) is 3.38. The number of aliphatic hydroxyl groups is 2. The Morgan fingerprint density at radius 2 is 1.88 bits per heavy atom. The molecule has 2 N–H and O–H groups in total. The van der Waals surface area contributed by atoms with E-state index in [1.54, 1.807) is 7.11 Å². The Balaban J connectivity index is 1.65. The highest BCUT2D eigenvalue weighted by Gasteiger charge is 2.63. The fourth-order valence-corrected chi connectivity index (χ4v) is 7.74. The Morgan fingerprint density at radius 3 is 2.60 bits per heavy atom. The Labute approximate surface area is 152 Å². The molecule has 0 amide bonds. The number of hydrogen-bond donors (Lipinski definition) is 2. The molecule has 4 rings (SSSR count). The van der Waals surface area contributed by atoms with Crippen molar-refractivity contribution in [3.63, 3.8) is 0 Å². The minimum Gasteiger partial charge on any atom is -0.393 e. The van der Waals surface area contributed by atoms with Gasteiger partial charge >= 0.3 is 0 Å². The van der Waals surface area contributed by atoms with E-state index in [0.29, 0.717) is 29.6 Å². The summed E-state index contributed by atoms with van der Waals surface area (Å²) in [6, 6.07) is 0. The van der Waals surface area contributed by atoms with Crippen LogP contribution in [0.25, 0.3) is 0 Å². The lowest BCUT2D eigenvalue weighted by atomic mass is 9.44. The minimum atomic E-state index is -0.418. The van der Waals surface area contributed by atoms with Crippen molar-refractivity contribution in [2.75, 3.05) is 7.11 Å². The van der Waals surface area contributed by atoms with Crippen molar-refractivity contribution < 1.29 is 14.9 Å². The first-order valence-corrected chi connectivity index (χ1v) is 10.3. The molecule has 0 bridgehead atoms. The molecule has 4 fully saturated rings. The van der Waals surface area contributed by atoms with Crippen LogP contribution in [0.4, 0.5) is 0 Å². The van der Waals surface area contributed by atoms with E-state index in [1.807, 2.05) is 0 Å². The molecule has 0 saturated heterocycles. The van der Waals surface area contributed by atoms with Gasteiger partial charge in [-0.05, 0) is 80.5 Å². The Morgan fingerprint density at radius 1 is 1.08 bits per heavy atom. The van der Waals surface area contributed by atoms with Crippen molar-refractivity contribution in [3.8, 4) is 12.3 Å². The zero-order valence-electron chi connectivity index (χ0n) is 15.8. The molecule has 140 valence electrons. The van der Waals surface area contributed by atoms with Crippen LogP contribution in [0.1, 0.15) is 64.7 Å². The molecule has 4 aliphatic rings. The summed E-state index contributed by atoms with van der Waals surface area (Å²) in [6.07, 6.45) is 14.6. The summed E-state index contributed by atoms with van der Waals surface area (Å²) in [5.74, 6) is 5.43. The van der Waals surface area contributed by atoms with Gasteiger partial charge in [-0.3, -0.25) is 0 Å². The first-order chi connectivity index (χ1) is 12.0. The van der Waals surface area contributed by atoms with Gasteiger partial charge in [0.1, 0.15) is 0 Å². The fourth-order valence-electron chi connectivity index (χ4n) is 7.74. The van der Waals surface area contributed by atoms with Crippen LogP contribution in [-0.4, -0.2) is 35.6 Å². The molecule has 0 heterocycles. The molecule has 4 saturated carbocycles. The number of methoxy groups -OCH3 is 1. The normalized spacial score (nSPS) is 54.9. The van der Waals surface area contributed by atoms with Crippen molar-refractivity contribution in [3.05, 3.63) is 0 Å². The van der Waals surface area contributed by atoms with Crippen molar-refractivity contribution in [2.45, 2.75) is 83.0 Å². The molecule has 0 aromatic rings. The van der Waals surface area contributed by atoms with Gasteiger partial charge in [-0.15, -0.1) is 12.3 Å². The topological polar surface area (TPSA) is 49.7 Å². The van der Waals surface area contributed by atoms with Crippen molar-refractivity contribution in [1.82, 2.24) is 0 Å². The zero-order valence-corrected chi connectivity index (χ0v) is 15.8.